The Labute approximate surface area is 249 Å². The van der Waals surface area contributed by atoms with Crippen LogP contribution in [0, 0.1) is 5.92 Å². The van der Waals surface area contributed by atoms with Gasteiger partial charge in [-0.2, -0.15) is 0 Å². The lowest BCUT2D eigenvalue weighted by molar-refractivity contribution is -0.121. The van der Waals surface area contributed by atoms with Crippen molar-refractivity contribution in [3.05, 3.63) is 64.7 Å². The molecular formula is C34H54N2O4Si. The van der Waals surface area contributed by atoms with Crippen molar-refractivity contribution in [3.8, 4) is 5.75 Å². The van der Waals surface area contributed by atoms with E-state index in [0.717, 1.165) is 17.5 Å². The van der Waals surface area contributed by atoms with Gasteiger partial charge < -0.3 is 25.3 Å². The third-order valence-electron chi connectivity index (χ3n) is 9.18. The summed E-state index contributed by atoms with van der Waals surface area (Å²) in [5.41, 5.74) is 3.70. The van der Waals surface area contributed by atoms with E-state index < -0.39 is 8.32 Å². The van der Waals surface area contributed by atoms with E-state index in [1.807, 2.05) is 24.3 Å². The molecule has 0 unspecified atom stereocenters. The first kappa shape index (κ1) is 33.3. The van der Waals surface area contributed by atoms with Crippen LogP contribution in [0.15, 0.2) is 42.5 Å². The van der Waals surface area contributed by atoms with E-state index in [9.17, 15) is 15.0 Å². The van der Waals surface area contributed by atoms with Gasteiger partial charge in [-0.1, -0.05) is 70.4 Å². The molecule has 1 amide bonds. The standard InChI is InChI=1S/C34H54N2O4Si/c1-24(18-26-12-11-13-27(19-26)20-33(39)36-25(2)28-14-9-8-10-15-28)35-22-32(40-41(6,7)34(3,4)5)29-16-17-31(38)30(21-29)23-37/h11-13,16-17,19,21,24-25,28,32,35,37-38H,8-10,14-15,18,20,22-23H2,1-7H3,(H,36,39)/t24-,25+,32-/m1/s1. The fourth-order valence-corrected chi connectivity index (χ4v) is 6.82. The summed E-state index contributed by atoms with van der Waals surface area (Å²) < 4.78 is 6.84. The number of aliphatic hydroxyl groups is 1. The van der Waals surface area contributed by atoms with Crippen molar-refractivity contribution in [1.82, 2.24) is 10.6 Å². The molecule has 1 fully saturated rings. The summed E-state index contributed by atoms with van der Waals surface area (Å²) in [4.78, 5) is 12.8. The fourth-order valence-electron chi connectivity index (χ4n) is 5.54. The minimum absolute atomic E-state index is 0.0501. The summed E-state index contributed by atoms with van der Waals surface area (Å²) in [5, 5.41) is 26.8. The Hall–Kier alpha value is -2.19. The highest BCUT2D eigenvalue weighted by molar-refractivity contribution is 6.74. The van der Waals surface area contributed by atoms with E-state index in [0.29, 0.717) is 24.4 Å². The maximum absolute atomic E-state index is 12.8. The molecule has 3 atom stereocenters. The molecule has 0 saturated heterocycles. The maximum Gasteiger partial charge on any atom is 0.224 e. The minimum atomic E-state index is -2.09. The first-order chi connectivity index (χ1) is 19.3. The lowest BCUT2D eigenvalue weighted by Gasteiger charge is -2.40. The van der Waals surface area contributed by atoms with E-state index in [2.05, 4.69) is 70.5 Å². The van der Waals surface area contributed by atoms with Gasteiger partial charge in [0, 0.05) is 24.2 Å². The number of benzene rings is 2. The van der Waals surface area contributed by atoms with Crippen molar-refractivity contribution < 1.29 is 19.4 Å². The quantitative estimate of drug-likeness (QED) is 0.195. The van der Waals surface area contributed by atoms with Crippen molar-refractivity contribution in [2.75, 3.05) is 6.54 Å². The molecule has 1 aliphatic carbocycles. The summed E-state index contributed by atoms with van der Waals surface area (Å²) in [6, 6.07) is 14.2. The van der Waals surface area contributed by atoms with Gasteiger partial charge in [-0.25, -0.2) is 0 Å². The molecule has 1 aliphatic rings. The highest BCUT2D eigenvalue weighted by Gasteiger charge is 2.39. The van der Waals surface area contributed by atoms with E-state index in [4.69, 9.17) is 4.43 Å². The van der Waals surface area contributed by atoms with Gasteiger partial charge in [0.15, 0.2) is 8.32 Å². The summed E-state index contributed by atoms with van der Waals surface area (Å²) >= 11 is 0. The van der Waals surface area contributed by atoms with Gasteiger partial charge in [0.25, 0.3) is 0 Å². The van der Waals surface area contributed by atoms with E-state index in [-0.39, 0.29) is 41.5 Å². The molecule has 0 bridgehead atoms. The SMILES string of the molecule is C[C@H](Cc1cccc(CC(=O)N[C@@H](C)C2CCCCC2)c1)NC[C@@H](O[Si](C)(C)C(C)(C)C)c1ccc(O)c(CO)c1. The lowest BCUT2D eigenvalue weighted by atomic mass is 9.84. The summed E-state index contributed by atoms with van der Waals surface area (Å²) in [7, 11) is -2.09. The molecule has 0 aliphatic heterocycles. The van der Waals surface area contributed by atoms with Crippen LogP contribution in [0.1, 0.15) is 95.1 Å². The lowest BCUT2D eigenvalue weighted by Crippen LogP contribution is -2.44. The van der Waals surface area contributed by atoms with E-state index in [1.165, 1.54) is 37.7 Å². The second-order valence-electron chi connectivity index (χ2n) is 13.7. The van der Waals surface area contributed by atoms with Crippen LogP contribution in [-0.2, 0) is 28.7 Å². The van der Waals surface area contributed by atoms with Gasteiger partial charge in [-0.15, -0.1) is 0 Å². The molecule has 41 heavy (non-hydrogen) atoms. The molecular weight excluding hydrogens is 528 g/mol. The van der Waals surface area contributed by atoms with Gasteiger partial charge in [0.1, 0.15) is 5.75 Å². The molecule has 0 spiro atoms. The molecule has 3 rings (SSSR count). The Morgan fingerprint density at radius 1 is 1.05 bits per heavy atom. The topological polar surface area (TPSA) is 90.8 Å². The average molecular weight is 583 g/mol. The zero-order valence-corrected chi connectivity index (χ0v) is 27.4. The van der Waals surface area contributed by atoms with Crippen LogP contribution in [0.3, 0.4) is 0 Å². The molecule has 0 heterocycles. The summed E-state index contributed by atoms with van der Waals surface area (Å²) in [6.07, 6.45) is 7.36. The summed E-state index contributed by atoms with van der Waals surface area (Å²) in [5.74, 6) is 0.807. The van der Waals surface area contributed by atoms with E-state index in [1.54, 1.807) is 6.07 Å². The molecule has 7 heteroatoms. The monoisotopic (exact) mass is 582 g/mol. The van der Waals surface area contributed by atoms with Crippen LogP contribution < -0.4 is 10.6 Å². The van der Waals surface area contributed by atoms with Crippen molar-refractivity contribution in [1.29, 1.82) is 0 Å². The Morgan fingerprint density at radius 2 is 1.73 bits per heavy atom. The Balaban J connectivity index is 1.62. The summed E-state index contributed by atoms with van der Waals surface area (Å²) in [6.45, 7) is 15.9. The zero-order chi connectivity index (χ0) is 30.2. The predicted molar refractivity (Wildman–Crippen MR) is 171 cm³/mol. The second kappa shape index (κ2) is 14.8. The minimum Gasteiger partial charge on any atom is -0.508 e. The molecule has 0 aromatic heterocycles. The number of amides is 1. The smallest absolute Gasteiger partial charge is 0.224 e. The number of hydrogen-bond acceptors (Lipinski definition) is 5. The number of carbonyl (C=O) groups is 1. The molecule has 2 aromatic carbocycles. The van der Waals surface area contributed by atoms with Crippen LogP contribution in [-0.4, -0.2) is 43.1 Å². The number of phenols is 1. The molecule has 4 N–H and O–H groups in total. The van der Waals surface area contributed by atoms with Crippen LogP contribution >= 0.6 is 0 Å². The number of nitrogens with one attached hydrogen (secondary N) is 2. The molecule has 228 valence electrons. The predicted octanol–water partition coefficient (Wildman–Crippen LogP) is 6.80. The van der Waals surface area contributed by atoms with Crippen LogP contribution in [0.5, 0.6) is 5.75 Å². The zero-order valence-electron chi connectivity index (χ0n) is 26.4. The Kier molecular flexibility index (Phi) is 12.0. The molecule has 2 aromatic rings. The van der Waals surface area contributed by atoms with Crippen LogP contribution in [0.4, 0.5) is 0 Å². The average Bonchev–Trinajstić information content (AvgIpc) is 2.91. The highest BCUT2D eigenvalue weighted by atomic mass is 28.4. The van der Waals surface area contributed by atoms with Crippen LogP contribution in [0.25, 0.3) is 0 Å². The van der Waals surface area contributed by atoms with Crippen molar-refractivity contribution in [2.24, 2.45) is 5.92 Å². The molecule has 1 saturated carbocycles. The number of hydrogen-bond donors (Lipinski definition) is 4. The number of aliphatic hydroxyl groups excluding tert-OH is 1. The van der Waals surface area contributed by atoms with Crippen molar-refractivity contribution >= 4 is 14.2 Å². The normalized spacial score (nSPS) is 17.2. The van der Waals surface area contributed by atoms with Gasteiger partial charge in [-0.05, 0) is 86.0 Å². The number of rotatable bonds is 13. The first-order valence-electron chi connectivity index (χ1n) is 15.5. The molecule has 6 nitrogen and oxygen atoms in total. The van der Waals surface area contributed by atoms with Gasteiger partial charge in [-0.3, -0.25) is 4.79 Å². The Morgan fingerprint density at radius 3 is 2.39 bits per heavy atom. The van der Waals surface area contributed by atoms with Crippen molar-refractivity contribution in [3.63, 3.8) is 0 Å². The maximum atomic E-state index is 12.8. The number of carbonyl (C=O) groups excluding carboxylic acids is 1. The molecule has 0 radical (unpaired) electrons. The number of aromatic hydroxyl groups is 1. The van der Waals surface area contributed by atoms with E-state index >= 15 is 0 Å². The largest absolute Gasteiger partial charge is 0.508 e. The first-order valence-corrected chi connectivity index (χ1v) is 18.4. The fraction of sp³-hybridized carbons (Fsp3) is 0.618. The third kappa shape index (κ3) is 9.95. The van der Waals surface area contributed by atoms with Gasteiger partial charge in [0.2, 0.25) is 5.91 Å². The van der Waals surface area contributed by atoms with Crippen LogP contribution in [0.2, 0.25) is 18.1 Å². The Bertz CT molecular complexity index is 1120. The van der Waals surface area contributed by atoms with Crippen molar-refractivity contribution in [2.45, 2.75) is 122 Å². The van der Waals surface area contributed by atoms with Gasteiger partial charge in [0.05, 0.1) is 19.1 Å². The van der Waals surface area contributed by atoms with Gasteiger partial charge >= 0.3 is 0 Å². The third-order valence-corrected chi connectivity index (χ3v) is 13.7. The highest BCUT2D eigenvalue weighted by Crippen LogP contribution is 2.40. The second-order valence-corrected chi connectivity index (χ2v) is 18.4.